The number of ether oxygens (including phenoxy) is 1. The van der Waals surface area contributed by atoms with Gasteiger partial charge in [-0.3, -0.25) is 9.13 Å². The summed E-state index contributed by atoms with van der Waals surface area (Å²) in [5.41, 5.74) is 3.83. The number of imidazole rings is 1. The molecule has 0 aliphatic carbocycles. The average Bonchev–Trinajstić information content (AvgIpc) is 3.03. The van der Waals surface area contributed by atoms with Gasteiger partial charge in [-0.25, -0.2) is 4.79 Å². The fraction of sp³-hybridized carbons (Fsp3) is 0.375. The minimum atomic E-state index is 0.122. The third kappa shape index (κ3) is 5.16. The molecule has 0 bridgehead atoms. The van der Waals surface area contributed by atoms with Crippen LogP contribution in [-0.2, 0) is 32.4 Å². The van der Waals surface area contributed by atoms with Crippen molar-refractivity contribution in [1.29, 1.82) is 0 Å². The molecule has 28 heavy (non-hydrogen) atoms. The normalized spacial score (nSPS) is 10.9. The fourth-order valence-electron chi connectivity index (χ4n) is 3.57. The predicted molar refractivity (Wildman–Crippen MR) is 114 cm³/mol. The van der Waals surface area contributed by atoms with Crippen molar-refractivity contribution in [2.45, 2.75) is 52.1 Å². The molecule has 4 nitrogen and oxygen atoms in total. The van der Waals surface area contributed by atoms with E-state index >= 15 is 0 Å². The van der Waals surface area contributed by atoms with Crippen LogP contribution in [-0.4, -0.2) is 16.2 Å². The van der Waals surface area contributed by atoms with E-state index in [9.17, 15) is 4.79 Å². The van der Waals surface area contributed by atoms with Crippen LogP contribution in [0.4, 0.5) is 0 Å². The van der Waals surface area contributed by atoms with E-state index in [0.29, 0.717) is 0 Å². The molecule has 0 amide bonds. The fourth-order valence-corrected chi connectivity index (χ4v) is 3.57. The van der Waals surface area contributed by atoms with E-state index in [1.165, 1.54) is 11.1 Å². The van der Waals surface area contributed by atoms with Gasteiger partial charge in [0.15, 0.2) is 0 Å². The molecule has 1 aromatic heterocycles. The molecular formula is C24H30N2O2. The van der Waals surface area contributed by atoms with Crippen LogP contribution < -0.4 is 10.4 Å². The van der Waals surface area contributed by atoms with Gasteiger partial charge in [0, 0.05) is 25.0 Å². The molecule has 4 heteroatoms. The lowest BCUT2D eigenvalue weighted by atomic mass is 10.1. The molecule has 0 atom stereocenters. The van der Waals surface area contributed by atoms with E-state index in [1.54, 1.807) is 7.11 Å². The lowest BCUT2D eigenvalue weighted by Crippen LogP contribution is -2.25. The van der Waals surface area contributed by atoms with E-state index < -0.39 is 0 Å². The molecule has 0 aliphatic rings. The number of methoxy groups -OCH3 is 1. The van der Waals surface area contributed by atoms with E-state index in [1.807, 2.05) is 39.5 Å². The Bertz CT molecular complexity index is 908. The summed E-state index contributed by atoms with van der Waals surface area (Å²) >= 11 is 0. The van der Waals surface area contributed by atoms with Gasteiger partial charge in [-0.1, -0.05) is 49.4 Å². The second-order valence-electron chi connectivity index (χ2n) is 7.19. The second kappa shape index (κ2) is 9.98. The molecule has 0 N–H and O–H groups in total. The van der Waals surface area contributed by atoms with Crippen molar-refractivity contribution < 1.29 is 4.74 Å². The Hall–Kier alpha value is -2.75. The molecule has 2 aromatic carbocycles. The third-order valence-electron chi connectivity index (χ3n) is 5.12. The molecular weight excluding hydrogens is 348 g/mol. The van der Waals surface area contributed by atoms with E-state index in [0.717, 1.165) is 56.6 Å². The van der Waals surface area contributed by atoms with E-state index in [2.05, 4.69) is 37.4 Å². The molecule has 1 heterocycles. The van der Waals surface area contributed by atoms with Gasteiger partial charge >= 0.3 is 5.69 Å². The monoisotopic (exact) mass is 378 g/mol. The summed E-state index contributed by atoms with van der Waals surface area (Å²) in [6.45, 7) is 3.63. The SMILES string of the molecule is CCCn1c(CCCc2ccc(OC)cc2)cn(CCc2ccccc2)c1=O. The van der Waals surface area contributed by atoms with E-state index in [-0.39, 0.29) is 5.69 Å². The molecule has 0 fully saturated rings. The maximum atomic E-state index is 12.8. The van der Waals surface area contributed by atoms with Crippen molar-refractivity contribution in [3.8, 4) is 5.75 Å². The molecule has 0 saturated heterocycles. The molecule has 0 radical (unpaired) electrons. The van der Waals surface area contributed by atoms with Crippen molar-refractivity contribution in [2.24, 2.45) is 0 Å². The lowest BCUT2D eigenvalue weighted by molar-refractivity contribution is 0.414. The van der Waals surface area contributed by atoms with Crippen molar-refractivity contribution in [3.05, 3.63) is 88.1 Å². The minimum Gasteiger partial charge on any atom is -0.497 e. The molecule has 3 rings (SSSR count). The van der Waals surface area contributed by atoms with Crippen molar-refractivity contribution in [3.63, 3.8) is 0 Å². The Kier molecular flexibility index (Phi) is 7.12. The summed E-state index contributed by atoms with van der Waals surface area (Å²) in [7, 11) is 1.68. The quantitative estimate of drug-likeness (QED) is 0.521. The zero-order valence-corrected chi connectivity index (χ0v) is 16.9. The molecule has 3 aromatic rings. The molecule has 0 unspecified atom stereocenters. The van der Waals surface area contributed by atoms with Crippen LogP contribution in [0.15, 0.2) is 65.6 Å². The Morgan fingerprint density at radius 2 is 1.57 bits per heavy atom. The standard InChI is InChI=1S/C24H30N2O2/c1-3-17-26-22(11-7-10-21-12-14-23(28-2)15-13-21)19-25(24(26)27)18-16-20-8-5-4-6-9-20/h4-6,8-9,12-15,19H,3,7,10-11,16-18H2,1-2H3. The highest BCUT2D eigenvalue weighted by molar-refractivity contribution is 5.27. The first kappa shape index (κ1) is 20.0. The van der Waals surface area contributed by atoms with Gasteiger partial charge in [-0.2, -0.15) is 0 Å². The number of nitrogens with zero attached hydrogens (tertiary/aromatic N) is 2. The summed E-state index contributed by atoms with van der Waals surface area (Å²) in [5, 5.41) is 0. The zero-order valence-electron chi connectivity index (χ0n) is 16.9. The van der Waals surface area contributed by atoms with Gasteiger partial charge in [0.2, 0.25) is 0 Å². The summed E-state index contributed by atoms with van der Waals surface area (Å²) in [4.78, 5) is 12.8. The van der Waals surface area contributed by atoms with Crippen LogP contribution in [0.1, 0.15) is 36.6 Å². The minimum absolute atomic E-state index is 0.122. The Morgan fingerprint density at radius 1 is 0.857 bits per heavy atom. The number of hydrogen-bond donors (Lipinski definition) is 0. The average molecular weight is 379 g/mol. The van der Waals surface area contributed by atoms with Crippen LogP contribution in [0.3, 0.4) is 0 Å². The topological polar surface area (TPSA) is 36.2 Å². The van der Waals surface area contributed by atoms with Gasteiger partial charge in [0.05, 0.1) is 7.11 Å². The third-order valence-corrected chi connectivity index (χ3v) is 5.12. The number of benzene rings is 2. The first-order chi connectivity index (χ1) is 13.7. The van der Waals surface area contributed by atoms with Crippen molar-refractivity contribution in [1.82, 2.24) is 9.13 Å². The van der Waals surface area contributed by atoms with Crippen LogP contribution in [0.2, 0.25) is 0 Å². The first-order valence-corrected chi connectivity index (χ1v) is 10.2. The summed E-state index contributed by atoms with van der Waals surface area (Å²) < 4.78 is 9.05. The maximum absolute atomic E-state index is 12.8. The Balaban J connectivity index is 1.64. The van der Waals surface area contributed by atoms with Crippen LogP contribution in [0.25, 0.3) is 0 Å². The maximum Gasteiger partial charge on any atom is 0.328 e. The highest BCUT2D eigenvalue weighted by Crippen LogP contribution is 2.14. The van der Waals surface area contributed by atoms with E-state index in [4.69, 9.17) is 4.74 Å². The lowest BCUT2D eigenvalue weighted by Gasteiger charge is -2.06. The van der Waals surface area contributed by atoms with Crippen LogP contribution in [0.5, 0.6) is 5.75 Å². The number of rotatable bonds is 10. The highest BCUT2D eigenvalue weighted by Gasteiger charge is 2.11. The largest absolute Gasteiger partial charge is 0.497 e. The smallest absolute Gasteiger partial charge is 0.328 e. The second-order valence-corrected chi connectivity index (χ2v) is 7.19. The molecule has 0 aliphatic heterocycles. The zero-order chi connectivity index (χ0) is 19.8. The van der Waals surface area contributed by atoms with Gasteiger partial charge in [-0.15, -0.1) is 0 Å². The molecule has 0 saturated carbocycles. The Morgan fingerprint density at radius 3 is 2.25 bits per heavy atom. The van der Waals surface area contributed by atoms with Crippen molar-refractivity contribution in [2.75, 3.05) is 7.11 Å². The number of aryl methyl sites for hydroxylation is 4. The highest BCUT2D eigenvalue weighted by atomic mass is 16.5. The van der Waals surface area contributed by atoms with Gasteiger partial charge < -0.3 is 4.74 Å². The first-order valence-electron chi connectivity index (χ1n) is 10.2. The molecule has 0 spiro atoms. The predicted octanol–water partition coefficient (Wildman–Crippen LogP) is 4.49. The number of aromatic nitrogens is 2. The molecule has 148 valence electrons. The summed E-state index contributed by atoms with van der Waals surface area (Å²) in [5.74, 6) is 0.885. The van der Waals surface area contributed by atoms with Gasteiger partial charge in [0.25, 0.3) is 0 Å². The van der Waals surface area contributed by atoms with Crippen LogP contribution >= 0.6 is 0 Å². The van der Waals surface area contributed by atoms with Gasteiger partial charge in [-0.05, 0) is 55.4 Å². The van der Waals surface area contributed by atoms with Crippen molar-refractivity contribution >= 4 is 0 Å². The van der Waals surface area contributed by atoms with Crippen LogP contribution in [0, 0.1) is 0 Å². The van der Waals surface area contributed by atoms with Gasteiger partial charge in [0.1, 0.15) is 5.75 Å². The summed E-state index contributed by atoms with van der Waals surface area (Å²) in [6, 6.07) is 18.6. The Labute approximate surface area is 167 Å². The number of hydrogen-bond acceptors (Lipinski definition) is 2. The summed E-state index contributed by atoms with van der Waals surface area (Å²) in [6.07, 6.45) is 6.85.